The number of likely N-dealkylation sites (N-methyl/N-ethyl adjacent to an activating group) is 2. The van der Waals surface area contributed by atoms with Crippen molar-refractivity contribution < 1.29 is 9.53 Å². The molecule has 0 aliphatic heterocycles. The van der Waals surface area contributed by atoms with Gasteiger partial charge in [-0.1, -0.05) is 6.07 Å². The molecule has 0 bridgehead atoms. The summed E-state index contributed by atoms with van der Waals surface area (Å²) in [6, 6.07) is 3.74. The van der Waals surface area contributed by atoms with Gasteiger partial charge in [0, 0.05) is 38.9 Å². The third kappa shape index (κ3) is 7.89. The zero-order chi connectivity index (χ0) is 17.9. The van der Waals surface area contributed by atoms with E-state index in [1.165, 1.54) is 0 Å². The number of carbonyl (C=O) groups is 1. The lowest BCUT2D eigenvalue weighted by Gasteiger charge is -2.25. The molecule has 0 aliphatic rings. The summed E-state index contributed by atoms with van der Waals surface area (Å²) >= 11 is 0. The van der Waals surface area contributed by atoms with Crippen LogP contribution in [0.1, 0.15) is 26.3 Å². The molecule has 0 aliphatic carbocycles. The Bertz CT molecular complexity index is 532. The molecule has 0 saturated heterocycles. The Hall–Kier alpha value is -1.58. The summed E-state index contributed by atoms with van der Waals surface area (Å²) < 4.78 is 5.05. The van der Waals surface area contributed by atoms with Gasteiger partial charge in [0.2, 0.25) is 11.8 Å². The smallest absolute Gasteiger partial charge is 0.242 e. The molecule has 1 rings (SSSR count). The Kier molecular flexibility index (Phi) is 11.9. The number of aliphatic imine (C=N–C) groups is 1. The SMILES string of the molecule is CCNC(=NCc1ccc(OC)nc1)N(C)CC(=O)N(CC)CC.I. The molecule has 25 heavy (non-hydrogen) atoms. The molecule has 0 aromatic carbocycles. The molecule has 0 fully saturated rings. The summed E-state index contributed by atoms with van der Waals surface area (Å²) in [7, 11) is 3.46. The first-order valence-corrected chi connectivity index (χ1v) is 8.31. The van der Waals surface area contributed by atoms with Crippen molar-refractivity contribution in [2.75, 3.05) is 40.3 Å². The van der Waals surface area contributed by atoms with E-state index in [9.17, 15) is 4.79 Å². The van der Waals surface area contributed by atoms with Crippen molar-refractivity contribution in [2.45, 2.75) is 27.3 Å². The second-order valence-electron chi connectivity index (χ2n) is 5.30. The lowest BCUT2D eigenvalue weighted by molar-refractivity contribution is -0.131. The maximum absolute atomic E-state index is 12.2. The molecule has 8 heteroatoms. The van der Waals surface area contributed by atoms with Crippen LogP contribution in [0.4, 0.5) is 0 Å². The topological polar surface area (TPSA) is 70.1 Å². The molecular formula is C17H30IN5O2. The van der Waals surface area contributed by atoms with Crippen LogP contribution in [0.5, 0.6) is 5.88 Å². The number of halogens is 1. The summed E-state index contributed by atoms with van der Waals surface area (Å²) in [5.74, 6) is 1.38. The van der Waals surface area contributed by atoms with E-state index in [-0.39, 0.29) is 29.9 Å². The van der Waals surface area contributed by atoms with Crippen LogP contribution in [-0.4, -0.2) is 67.0 Å². The van der Waals surface area contributed by atoms with E-state index in [0.29, 0.717) is 38.0 Å². The maximum Gasteiger partial charge on any atom is 0.242 e. The fourth-order valence-corrected chi connectivity index (χ4v) is 2.22. The highest BCUT2D eigenvalue weighted by molar-refractivity contribution is 14.0. The Morgan fingerprint density at radius 3 is 2.44 bits per heavy atom. The number of ether oxygens (including phenoxy) is 1. The molecule has 1 heterocycles. The fraction of sp³-hybridized carbons (Fsp3) is 0.588. The molecule has 0 atom stereocenters. The highest BCUT2D eigenvalue weighted by Gasteiger charge is 2.14. The van der Waals surface area contributed by atoms with Gasteiger partial charge in [0.1, 0.15) is 0 Å². The Morgan fingerprint density at radius 1 is 1.28 bits per heavy atom. The van der Waals surface area contributed by atoms with E-state index < -0.39 is 0 Å². The summed E-state index contributed by atoms with van der Waals surface area (Å²) in [6.07, 6.45) is 1.74. The second kappa shape index (κ2) is 12.7. The van der Waals surface area contributed by atoms with Gasteiger partial charge in [-0.15, -0.1) is 24.0 Å². The van der Waals surface area contributed by atoms with E-state index in [1.807, 2.05) is 49.8 Å². The van der Waals surface area contributed by atoms with E-state index in [0.717, 1.165) is 12.1 Å². The van der Waals surface area contributed by atoms with Crippen LogP contribution in [0, 0.1) is 0 Å². The lowest BCUT2D eigenvalue weighted by Crippen LogP contribution is -2.45. The van der Waals surface area contributed by atoms with Crippen LogP contribution >= 0.6 is 24.0 Å². The van der Waals surface area contributed by atoms with E-state index >= 15 is 0 Å². The number of hydrogen-bond donors (Lipinski definition) is 1. The highest BCUT2D eigenvalue weighted by atomic mass is 127. The minimum absolute atomic E-state index is 0. The Morgan fingerprint density at radius 2 is 1.96 bits per heavy atom. The van der Waals surface area contributed by atoms with Gasteiger partial charge < -0.3 is 19.9 Å². The van der Waals surface area contributed by atoms with E-state index in [4.69, 9.17) is 4.74 Å². The standard InChI is InChI=1S/C17H29N5O2.HI/c1-6-18-17(21(4)13-16(23)22(7-2)8-3)20-12-14-9-10-15(24-5)19-11-14;/h9-11H,6-8,12-13H2,1-5H3,(H,18,20);1H. The number of nitrogens with zero attached hydrogens (tertiary/aromatic N) is 4. The molecule has 142 valence electrons. The number of amides is 1. The fourth-order valence-electron chi connectivity index (χ4n) is 2.22. The van der Waals surface area contributed by atoms with Gasteiger partial charge in [0.25, 0.3) is 0 Å². The van der Waals surface area contributed by atoms with Gasteiger partial charge in [0.15, 0.2) is 5.96 Å². The number of carbonyl (C=O) groups excluding carboxylic acids is 1. The summed E-state index contributed by atoms with van der Waals surface area (Å²) in [6.45, 7) is 8.93. The number of hydrogen-bond acceptors (Lipinski definition) is 4. The van der Waals surface area contributed by atoms with Gasteiger partial charge in [0.05, 0.1) is 20.2 Å². The number of pyridine rings is 1. The summed E-state index contributed by atoms with van der Waals surface area (Å²) in [5.41, 5.74) is 0.981. The largest absolute Gasteiger partial charge is 0.481 e. The number of nitrogens with one attached hydrogen (secondary N) is 1. The normalized spacial score (nSPS) is 10.7. The molecule has 1 aromatic heterocycles. The summed E-state index contributed by atoms with van der Waals surface area (Å²) in [5, 5.41) is 3.22. The van der Waals surface area contributed by atoms with Crippen LogP contribution in [0.3, 0.4) is 0 Å². The molecule has 1 N–H and O–H groups in total. The van der Waals surface area contributed by atoms with Crippen molar-refractivity contribution in [3.05, 3.63) is 23.9 Å². The third-order valence-electron chi connectivity index (χ3n) is 3.60. The molecule has 7 nitrogen and oxygen atoms in total. The second-order valence-corrected chi connectivity index (χ2v) is 5.30. The van der Waals surface area contributed by atoms with Crippen LogP contribution in [0.15, 0.2) is 23.3 Å². The quantitative estimate of drug-likeness (QED) is 0.363. The number of rotatable bonds is 8. The average molecular weight is 463 g/mol. The molecule has 0 spiro atoms. The van der Waals surface area contributed by atoms with Crippen molar-refractivity contribution in [2.24, 2.45) is 4.99 Å². The van der Waals surface area contributed by atoms with Crippen molar-refractivity contribution in [1.82, 2.24) is 20.1 Å². The van der Waals surface area contributed by atoms with Crippen LogP contribution < -0.4 is 10.1 Å². The van der Waals surface area contributed by atoms with Crippen molar-refractivity contribution in [3.8, 4) is 5.88 Å². The first kappa shape index (κ1) is 23.4. The van der Waals surface area contributed by atoms with Crippen LogP contribution in [0.2, 0.25) is 0 Å². The van der Waals surface area contributed by atoms with Gasteiger partial charge >= 0.3 is 0 Å². The zero-order valence-corrected chi connectivity index (χ0v) is 18.1. The zero-order valence-electron chi connectivity index (χ0n) is 15.8. The van der Waals surface area contributed by atoms with E-state index in [1.54, 1.807) is 13.3 Å². The molecule has 1 aromatic rings. The number of methoxy groups -OCH3 is 1. The highest BCUT2D eigenvalue weighted by Crippen LogP contribution is 2.07. The van der Waals surface area contributed by atoms with Crippen molar-refractivity contribution in [1.29, 1.82) is 0 Å². The third-order valence-corrected chi connectivity index (χ3v) is 3.60. The van der Waals surface area contributed by atoms with Crippen LogP contribution in [-0.2, 0) is 11.3 Å². The van der Waals surface area contributed by atoms with Gasteiger partial charge in [-0.25, -0.2) is 9.98 Å². The molecular weight excluding hydrogens is 433 g/mol. The molecule has 0 radical (unpaired) electrons. The van der Waals surface area contributed by atoms with Gasteiger partial charge in [-0.2, -0.15) is 0 Å². The molecule has 0 saturated carbocycles. The van der Waals surface area contributed by atoms with E-state index in [2.05, 4.69) is 15.3 Å². The van der Waals surface area contributed by atoms with Crippen LogP contribution in [0.25, 0.3) is 0 Å². The predicted octanol–water partition coefficient (Wildman–Crippen LogP) is 1.97. The Labute approximate surface area is 167 Å². The number of guanidine groups is 1. The minimum Gasteiger partial charge on any atom is -0.481 e. The monoisotopic (exact) mass is 463 g/mol. The minimum atomic E-state index is 0. The Balaban J connectivity index is 0.00000576. The predicted molar refractivity (Wildman–Crippen MR) is 112 cm³/mol. The number of aromatic nitrogens is 1. The first-order valence-electron chi connectivity index (χ1n) is 8.31. The maximum atomic E-state index is 12.2. The molecule has 0 unspecified atom stereocenters. The van der Waals surface area contributed by atoms with Crippen molar-refractivity contribution >= 4 is 35.8 Å². The summed E-state index contributed by atoms with van der Waals surface area (Å²) in [4.78, 5) is 24.7. The first-order chi connectivity index (χ1) is 11.5. The van der Waals surface area contributed by atoms with Crippen molar-refractivity contribution in [3.63, 3.8) is 0 Å². The van der Waals surface area contributed by atoms with Gasteiger partial charge in [-0.05, 0) is 26.3 Å². The molecule has 1 amide bonds. The lowest BCUT2D eigenvalue weighted by atomic mass is 10.3. The van der Waals surface area contributed by atoms with Gasteiger partial charge in [-0.3, -0.25) is 4.79 Å². The average Bonchev–Trinajstić information content (AvgIpc) is 2.60.